The minimum atomic E-state index is -0.601. The fourth-order valence-corrected chi connectivity index (χ4v) is 5.42. The third-order valence-corrected chi connectivity index (χ3v) is 7.68. The van der Waals surface area contributed by atoms with E-state index in [0.29, 0.717) is 5.96 Å². The Morgan fingerprint density at radius 2 is 1.61 bits per heavy atom. The first-order chi connectivity index (χ1) is 15.7. The molecule has 1 aliphatic heterocycles. The Labute approximate surface area is 203 Å². The number of nitrogens with zero attached hydrogens (tertiary/aromatic N) is 2. The molecule has 0 bridgehead atoms. The van der Waals surface area contributed by atoms with Crippen molar-refractivity contribution in [2.75, 3.05) is 7.05 Å². The van der Waals surface area contributed by atoms with Gasteiger partial charge < -0.3 is 5.73 Å². The smallest absolute Gasteiger partial charge is 0.256 e. The molecule has 3 atom stereocenters. The van der Waals surface area contributed by atoms with Crippen molar-refractivity contribution in [3.63, 3.8) is 0 Å². The van der Waals surface area contributed by atoms with Crippen molar-refractivity contribution < 1.29 is 4.79 Å². The molecule has 1 aromatic rings. The van der Waals surface area contributed by atoms with Crippen molar-refractivity contribution >= 4 is 11.9 Å². The zero-order valence-electron chi connectivity index (χ0n) is 22.0. The first-order valence-corrected chi connectivity index (χ1v) is 13.4. The second-order valence-electron chi connectivity index (χ2n) is 10.9. The Morgan fingerprint density at radius 3 is 2.03 bits per heavy atom. The zero-order chi connectivity index (χ0) is 24.3. The summed E-state index contributed by atoms with van der Waals surface area (Å²) in [5.41, 5.74) is 6.52. The number of likely N-dealkylation sites (N-methyl/N-ethyl adjacent to an activating group) is 1. The molecule has 186 valence electrons. The fraction of sp³-hybridized carbons (Fsp3) is 0.724. The number of amides is 1. The van der Waals surface area contributed by atoms with Crippen molar-refractivity contribution in [1.29, 1.82) is 0 Å². The lowest BCUT2D eigenvalue weighted by atomic mass is 9.82. The van der Waals surface area contributed by atoms with Crippen molar-refractivity contribution in [2.24, 2.45) is 28.5 Å². The molecule has 2 saturated carbocycles. The molecule has 1 aromatic carbocycles. The van der Waals surface area contributed by atoms with E-state index in [1.165, 1.54) is 68.3 Å². The molecule has 4 heteroatoms. The van der Waals surface area contributed by atoms with E-state index < -0.39 is 5.54 Å². The molecule has 0 saturated heterocycles. The van der Waals surface area contributed by atoms with Gasteiger partial charge in [-0.2, -0.15) is 0 Å². The number of nitrogens with two attached hydrogens (primary N) is 1. The Kier molecular flexibility index (Phi) is 11.4. The minimum Gasteiger partial charge on any atom is -0.369 e. The van der Waals surface area contributed by atoms with Crippen LogP contribution in [0.3, 0.4) is 0 Å². The molecule has 3 aliphatic rings. The van der Waals surface area contributed by atoms with Crippen molar-refractivity contribution in [1.82, 2.24) is 4.90 Å². The molecule has 2 aliphatic carbocycles. The highest BCUT2D eigenvalue weighted by atomic mass is 16.2. The molecular weight excluding hydrogens is 406 g/mol. The number of carbonyl (C=O) groups is 1. The molecule has 2 fully saturated rings. The summed E-state index contributed by atoms with van der Waals surface area (Å²) in [5.74, 6) is 3.22. The van der Waals surface area contributed by atoms with E-state index in [0.717, 1.165) is 37.0 Å². The average molecular weight is 456 g/mol. The molecule has 0 aromatic heterocycles. The summed E-state index contributed by atoms with van der Waals surface area (Å²) < 4.78 is 0. The number of benzene rings is 1. The number of hydrogen-bond acceptors (Lipinski definition) is 3. The molecule has 4 nitrogen and oxygen atoms in total. The summed E-state index contributed by atoms with van der Waals surface area (Å²) in [6.45, 7) is 8.81. The number of rotatable bonds is 4. The highest BCUT2D eigenvalue weighted by Gasteiger charge is 2.42. The summed E-state index contributed by atoms with van der Waals surface area (Å²) >= 11 is 0. The normalized spacial score (nSPS) is 27.7. The van der Waals surface area contributed by atoms with Crippen LogP contribution in [-0.2, 0) is 11.2 Å². The van der Waals surface area contributed by atoms with Crippen LogP contribution in [0, 0.1) is 17.8 Å². The van der Waals surface area contributed by atoms with Gasteiger partial charge in [0.2, 0.25) is 0 Å². The maximum atomic E-state index is 12.0. The van der Waals surface area contributed by atoms with Gasteiger partial charge >= 0.3 is 0 Å². The van der Waals surface area contributed by atoms with E-state index in [9.17, 15) is 4.79 Å². The molecule has 2 unspecified atom stereocenters. The second-order valence-corrected chi connectivity index (χ2v) is 10.9. The van der Waals surface area contributed by atoms with E-state index in [4.69, 9.17) is 5.73 Å². The number of aliphatic imine (C=N–C) groups is 1. The summed E-state index contributed by atoms with van der Waals surface area (Å²) in [6.07, 6.45) is 15.7. The standard InChI is InChI=1S/C13H23N3O.C8H16.C8H10/c1-13(11(17)16(2)12(14)15-13)9-8-10-6-4-3-5-7-10;1-7-4-3-5-8(2)6-7;1-2-8-6-4-3-5-7-8/h10H,3-9H2,1-2H3,(H2,14,15);7-8H,3-6H2,1-2H3;3-7H,2H2,1H3/t13-;;/m0../s1. The molecule has 1 heterocycles. The lowest BCUT2D eigenvalue weighted by Crippen LogP contribution is -2.40. The van der Waals surface area contributed by atoms with Crippen LogP contribution in [0.25, 0.3) is 0 Å². The maximum absolute atomic E-state index is 12.0. The van der Waals surface area contributed by atoms with Crippen LogP contribution in [-0.4, -0.2) is 29.4 Å². The fourth-order valence-electron chi connectivity index (χ4n) is 5.42. The van der Waals surface area contributed by atoms with Gasteiger partial charge in [0.25, 0.3) is 5.91 Å². The van der Waals surface area contributed by atoms with Gasteiger partial charge in [-0.25, -0.2) is 4.99 Å². The van der Waals surface area contributed by atoms with Gasteiger partial charge in [0, 0.05) is 7.05 Å². The number of guanidine groups is 1. The second kappa shape index (κ2) is 13.8. The average Bonchev–Trinajstić information content (AvgIpc) is 3.02. The molecule has 2 N–H and O–H groups in total. The summed E-state index contributed by atoms with van der Waals surface area (Å²) in [6, 6.07) is 10.5. The Bertz CT molecular complexity index is 718. The van der Waals surface area contributed by atoms with Crippen LogP contribution in [0.2, 0.25) is 0 Å². The largest absolute Gasteiger partial charge is 0.369 e. The van der Waals surface area contributed by atoms with Gasteiger partial charge in [-0.1, -0.05) is 102 Å². The molecule has 0 radical (unpaired) electrons. The van der Waals surface area contributed by atoms with E-state index >= 15 is 0 Å². The maximum Gasteiger partial charge on any atom is 0.256 e. The molecule has 4 rings (SSSR count). The summed E-state index contributed by atoms with van der Waals surface area (Å²) in [4.78, 5) is 17.9. The van der Waals surface area contributed by atoms with Crippen LogP contribution in [0.5, 0.6) is 0 Å². The van der Waals surface area contributed by atoms with Crippen molar-refractivity contribution in [2.45, 2.75) is 110 Å². The van der Waals surface area contributed by atoms with Gasteiger partial charge in [-0.05, 0) is 55.9 Å². The zero-order valence-corrected chi connectivity index (χ0v) is 22.0. The quantitative estimate of drug-likeness (QED) is 0.532. The van der Waals surface area contributed by atoms with E-state index in [1.54, 1.807) is 7.05 Å². The van der Waals surface area contributed by atoms with Crippen molar-refractivity contribution in [3.8, 4) is 0 Å². The van der Waals surface area contributed by atoms with E-state index in [-0.39, 0.29) is 5.91 Å². The minimum absolute atomic E-state index is 0.0470. The van der Waals surface area contributed by atoms with Crippen molar-refractivity contribution in [3.05, 3.63) is 35.9 Å². The summed E-state index contributed by atoms with van der Waals surface area (Å²) in [5, 5.41) is 0. The van der Waals surface area contributed by atoms with Gasteiger partial charge in [-0.3, -0.25) is 9.69 Å². The Hall–Kier alpha value is -1.84. The molecule has 33 heavy (non-hydrogen) atoms. The lowest BCUT2D eigenvalue weighted by molar-refractivity contribution is -0.130. The van der Waals surface area contributed by atoms with Gasteiger partial charge in [0.1, 0.15) is 5.54 Å². The SMILES string of the molecule is CC1CCCC(C)C1.CCc1ccccc1.CN1C(=O)[C@](C)(CCC2CCCCC2)N=C1N. The molecule has 0 spiro atoms. The number of aryl methyl sites for hydroxylation is 1. The van der Waals surface area contributed by atoms with Gasteiger partial charge in [-0.15, -0.1) is 0 Å². The predicted molar refractivity (Wildman–Crippen MR) is 141 cm³/mol. The highest BCUT2D eigenvalue weighted by Crippen LogP contribution is 2.33. The lowest BCUT2D eigenvalue weighted by Gasteiger charge is -2.25. The van der Waals surface area contributed by atoms with Crippen LogP contribution < -0.4 is 5.73 Å². The molecular formula is C29H49N3O. The number of carbonyl (C=O) groups excluding carboxylic acids is 1. The highest BCUT2D eigenvalue weighted by molar-refractivity contribution is 6.06. The molecule has 1 amide bonds. The van der Waals surface area contributed by atoms with Crippen LogP contribution in [0.4, 0.5) is 0 Å². The Balaban J connectivity index is 0.000000200. The first kappa shape index (κ1) is 27.4. The first-order valence-electron chi connectivity index (χ1n) is 13.4. The van der Waals surface area contributed by atoms with Crippen LogP contribution in [0.15, 0.2) is 35.3 Å². The monoisotopic (exact) mass is 455 g/mol. The van der Waals surface area contributed by atoms with Gasteiger partial charge in [0.05, 0.1) is 0 Å². The van der Waals surface area contributed by atoms with E-state index in [2.05, 4.69) is 50.0 Å². The third kappa shape index (κ3) is 9.14. The number of hydrogen-bond donors (Lipinski definition) is 1. The van der Waals surface area contributed by atoms with Crippen LogP contribution >= 0.6 is 0 Å². The topological polar surface area (TPSA) is 58.7 Å². The van der Waals surface area contributed by atoms with Gasteiger partial charge in [0.15, 0.2) is 5.96 Å². The van der Waals surface area contributed by atoms with Crippen LogP contribution in [0.1, 0.15) is 104 Å². The van der Waals surface area contributed by atoms with E-state index in [1.807, 2.05) is 13.0 Å². The predicted octanol–water partition coefficient (Wildman–Crippen LogP) is 6.97. The third-order valence-electron chi connectivity index (χ3n) is 7.68. The Morgan fingerprint density at radius 1 is 1.00 bits per heavy atom. The summed E-state index contributed by atoms with van der Waals surface area (Å²) in [7, 11) is 1.70.